The minimum Gasteiger partial charge on any atom is -0.329 e. The van der Waals surface area contributed by atoms with E-state index in [0.29, 0.717) is 5.02 Å². The van der Waals surface area contributed by atoms with Crippen molar-refractivity contribution in [3.05, 3.63) is 29.3 Å². The van der Waals surface area contributed by atoms with Crippen molar-refractivity contribution in [1.29, 1.82) is 0 Å². The number of nitrogens with one attached hydrogen (secondary N) is 1. The zero-order valence-electron chi connectivity index (χ0n) is 10.8. The average molecular weight is 291 g/mol. The fourth-order valence-electron chi connectivity index (χ4n) is 1.37. The second-order valence-corrected chi connectivity index (χ2v) is 6.95. The van der Waals surface area contributed by atoms with E-state index < -0.39 is 15.6 Å². The SMILES string of the molecule is CC(C)C(C)(CN)NS(=O)(=O)c1ccc(Cl)cc1. The summed E-state index contributed by atoms with van der Waals surface area (Å²) in [5.74, 6) is 0.0876. The Morgan fingerprint density at radius 3 is 2.22 bits per heavy atom. The molecule has 1 rings (SSSR count). The van der Waals surface area contributed by atoms with Gasteiger partial charge in [-0.05, 0) is 37.1 Å². The zero-order valence-corrected chi connectivity index (χ0v) is 12.3. The largest absolute Gasteiger partial charge is 0.329 e. The number of benzene rings is 1. The Morgan fingerprint density at radius 1 is 1.33 bits per heavy atom. The van der Waals surface area contributed by atoms with Gasteiger partial charge < -0.3 is 5.73 Å². The van der Waals surface area contributed by atoms with Crippen LogP contribution in [0, 0.1) is 5.92 Å². The van der Waals surface area contributed by atoms with E-state index in [1.165, 1.54) is 12.1 Å². The molecule has 1 unspecified atom stereocenters. The summed E-state index contributed by atoms with van der Waals surface area (Å²) in [5.41, 5.74) is 5.00. The van der Waals surface area contributed by atoms with Crippen LogP contribution >= 0.6 is 11.6 Å². The lowest BCUT2D eigenvalue weighted by Gasteiger charge is -2.33. The summed E-state index contributed by atoms with van der Waals surface area (Å²) in [6, 6.07) is 6.04. The van der Waals surface area contributed by atoms with Crippen LogP contribution in [0.4, 0.5) is 0 Å². The quantitative estimate of drug-likeness (QED) is 0.871. The van der Waals surface area contributed by atoms with Crippen molar-refractivity contribution in [1.82, 2.24) is 4.72 Å². The third-order valence-electron chi connectivity index (χ3n) is 3.19. The number of halogens is 1. The maximum atomic E-state index is 12.2. The van der Waals surface area contributed by atoms with Crippen molar-refractivity contribution in [2.24, 2.45) is 11.7 Å². The van der Waals surface area contributed by atoms with Crippen LogP contribution in [0.2, 0.25) is 5.02 Å². The molecule has 0 spiro atoms. The van der Waals surface area contributed by atoms with Gasteiger partial charge in [0.25, 0.3) is 0 Å². The van der Waals surface area contributed by atoms with Crippen molar-refractivity contribution in [2.75, 3.05) is 6.54 Å². The highest BCUT2D eigenvalue weighted by Crippen LogP contribution is 2.20. The van der Waals surface area contributed by atoms with Gasteiger partial charge in [0.2, 0.25) is 10.0 Å². The van der Waals surface area contributed by atoms with Crippen LogP contribution in [0.1, 0.15) is 20.8 Å². The number of hydrogen-bond donors (Lipinski definition) is 2. The van der Waals surface area contributed by atoms with Crippen LogP contribution in [-0.4, -0.2) is 20.5 Å². The first-order valence-corrected chi connectivity index (χ1v) is 7.57. The zero-order chi connectivity index (χ0) is 14.0. The smallest absolute Gasteiger partial charge is 0.241 e. The first kappa shape index (κ1) is 15.4. The highest BCUT2D eigenvalue weighted by Gasteiger charge is 2.32. The van der Waals surface area contributed by atoms with Gasteiger partial charge in [0, 0.05) is 17.1 Å². The number of sulfonamides is 1. The van der Waals surface area contributed by atoms with Crippen molar-refractivity contribution in [3.63, 3.8) is 0 Å². The molecule has 1 aromatic carbocycles. The van der Waals surface area contributed by atoms with E-state index in [1.54, 1.807) is 19.1 Å². The van der Waals surface area contributed by atoms with E-state index >= 15 is 0 Å². The Hall–Kier alpha value is -0.620. The van der Waals surface area contributed by atoms with Crippen molar-refractivity contribution in [3.8, 4) is 0 Å². The summed E-state index contributed by atoms with van der Waals surface area (Å²) in [5, 5.41) is 0.499. The second-order valence-electron chi connectivity index (χ2n) is 4.84. The fraction of sp³-hybridized carbons (Fsp3) is 0.500. The molecular formula is C12H19ClN2O2S. The van der Waals surface area contributed by atoms with Gasteiger partial charge in [0.05, 0.1) is 4.90 Å². The maximum Gasteiger partial charge on any atom is 0.241 e. The van der Waals surface area contributed by atoms with E-state index in [-0.39, 0.29) is 17.4 Å². The molecule has 0 bridgehead atoms. The lowest BCUT2D eigenvalue weighted by Crippen LogP contribution is -2.54. The van der Waals surface area contributed by atoms with Crippen molar-refractivity contribution < 1.29 is 8.42 Å². The molecule has 0 aliphatic carbocycles. The standard InChI is InChI=1S/C12H19ClN2O2S/c1-9(2)12(3,8-14)15-18(16,17)11-6-4-10(13)5-7-11/h4-7,9,15H,8,14H2,1-3H3. The molecule has 0 saturated carbocycles. The molecule has 18 heavy (non-hydrogen) atoms. The van der Waals surface area contributed by atoms with Crippen LogP contribution < -0.4 is 10.5 Å². The van der Waals surface area contributed by atoms with E-state index in [4.69, 9.17) is 17.3 Å². The van der Waals surface area contributed by atoms with Gasteiger partial charge in [-0.3, -0.25) is 0 Å². The third kappa shape index (κ3) is 3.45. The van der Waals surface area contributed by atoms with Gasteiger partial charge >= 0.3 is 0 Å². The van der Waals surface area contributed by atoms with E-state index in [2.05, 4.69) is 4.72 Å². The number of nitrogens with two attached hydrogens (primary N) is 1. The number of hydrogen-bond acceptors (Lipinski definition) is 3. The predicted octanol–water partition coefficient (Wildman–Crippen LogP) is 1.99. The molecule has 1 atom stereocenters. The molecule has 4 nitrogen and oxygen atoms in total. The Morgan fingerprint density at radius 2 is 1.83 bits per heavy atom. The van der Waals surface area contributed by atoms with Crippen LogP contribution in [-0.2, 0) is 10.0 Å². The molecule has 3 N–H and O–H groups in total. The van der Waals surface area contributed by atoms with Crippen LogP contribution in [0.25, 0.3) is 0 Å². The van der Waals surface area contributed by atoms with Crippen molar-refractivity contribution in [2.45, 2.75) is 31.2 Å². The highest BCUT2D eigenvalue weighted by atomic mass is 35.5. The average Bonchev–Trinajstić information content (AvgIpc) is 2.28. The summed E-state index contributed by atoms with van der Waals surface area (Å²) in [6.07, 6.45) is 0. The topological polar surface area (TPSA) is 72.2 Å². The Balaban J connectivity index is 3.05. The Labute approximate surface area is 114 Å². The predicted molar refractivity (Wildman–Crippen MR) is 74.1 cm³/mol. The molecule has 0 aliphatic rings. The van der Waals surface area contributed by atoms with Crippen LogP contribution in [0.3, 0.4) is 0 Å². The monoisotopic (exact) mass is 290 g/mol. The molecule has 0 amide bonds. The van der Waals surface area contributed by atoms with Gasteiger partial charge in [-0.15, -0.1) is 0 Å². The third-order valence-corrected chi connectivity index (χ3v) is 5.07. The summed E-state index contributed by atoms with van der Waals surface area (Å²) in [4.78, 5) is 0.187. The molecule has 0 saturated heterocycles. The Bertz CT molecular complexity index is 499. The van der Waals surface area contributed by atoms with E-state index in [1.807, 2.05) is 13.8 Å². The highest BCUT2D eigenvalue weighted by molar-refractivity contribution is 7.89. The molecule has 6 heteroatoms. The summed E-state index contributed by atoms with van der Waals surface area (Å²) in [6.45, 7) is 5.89. The molecule has 1 aromatic rings. The maximum absolute atomic E-state index is 12.2. The molecule has 0 radical (unpaired) electrons. The molecular weight excluding hydrogens is 272 g/mol. The van der Waals surface area contributed by atoms with E-state index in [0.717, 1.165) is 0 Å². The summed E-state index contributed by atoms with van der Waals surface area (Å²) in [7, 11) is -3.58. The fourth-order valence-corrected chi connectivity index (χ4v) is 3.05. The van der Waals surface area contributed by atoms with Gasteiger partial charge in [0.15, 0.2) is 0 Å². The lowest BCUT2D eigenvalue weighted by molar-refractivity contribution is 0.315. The van der Waals surface area contributed by atoms with E-state index in [9.17, 15) is 8.42 Å². The molecule has 102 valence electrons. The van der Waals surface area contributed by atoms with Gasteiger partial charge in [0.1, 0.15) is 0 Å². The molecule has 0 fully saturated rings. The number of rotatable bonds is 5. The van der Waals surface area contributed by atoms with Gasteiger partial charge in [-0.25, -0.2) is 13.1 Å². The molecule has 0 heterocycles. The van der Waals surface area contributed by atoms with Crippen molar-refractivity contribution >= 4 is 21.6 Å². The van der Waals surface area contributed by atoms with Gasteiger partial charge in [-0.2, -0.15) is 0 Å². The van der Waals surface area contributed by atoms with Crippen LogP contribution in [0.5, 0.6) is 0 Å². The minimum atomic E-state index is -3.58. The normalized spacial score (nSPS) is 15.7. The van der Waals surface area contributed by atoms with Crippen LogP contribution in [0.15, 0.2) is 29.2 Å². The van der Waals surface area contributed by atoms with Gasteiger partial charge in [-0.1, -0.05) is 25.4 Å². The minimum absolute atomic E-state index is 0.0876. The summed E-state index contributed by atoms with van der Waals surface area (Å²) >= 11 is 5.74. The summed E-state index contributed by atoms with van der Waals surface area (Å²) < 4.78 is 27.1. The first-order valence-electron chi connectivity index (χ1n) is 5.71. The second kappa shape index (κ2) is 5.57. The molecule has 0 aliphatic heterocycles. The Kier molecular flexibility index (Phi) is 4.78. The first-order chi connectivity index (χ1) is 8.21. The molecule has 0 aromatic heterocycles. The lowest BCUT2D eigenvalue weighted by atomic mass is 9.90.